The maximum Gasteiger partial charge on any atom is 0.389 e. The van der Waals surface area contributed by atoms with Crippen molar-refractivity contribution in [3.63, 3.8) is 0 Å². The highest BCUT2D eigenvalue weighted by Gasteiger charge is 2.56. The SMILES string of the molecule is N#CC([O])(F)C(F)(F)CF. The fourth-order valence-electron chi connectivity index (χ4n) is 0.168. The minimum absolute atomic E-state index is 0.120. The van der Waals surface area contributed by atoms with E-state index in [9.17, 15) is 22.7 Å². The summed E-state index contributed by atoms with van der Waals surface area (Å²) in [7, 11) is 0. The average molecular weight is 156 g/mol. The van der Waals surface area contributed by atoms with Crippen LogP contribution in [0.4, 0.5) is 17.6 Å². The quantitative estimate of drug-likeness (QED) is 0.554. The van der Waals surface area contributed by atoms with Crippen molar-refractivity contribution in [2.75, 3.05) is 6.67 Å². The van der Waals surface area contributed by atoms with Crippen LogP contribution >= 0.6 is 0 Å². The molecule has 0 heterocycles. The third-order valence-electron chi connectivity index (χ3n) is 0.782. The molecule has 0 bridgehead atoms. The second-order valence-electron chi connectivity index (χ2n) is 1.55. The first kappa shape index (κ1) is 9.17. The molecule has 0 aromatic rings. The summed E-state index contributed by atoms with van der Waals surface area (Å²) in [6.07, 6.45) is 0. The van der Waals surface area contributed by atoms with E-state index in [2.05, 4.69) is 0 Å². The Morgan fingerprint density at radius 1 is 1.40 bits per heavy atom. The summed E-state index contributed by atoms with van der Waals surface area (Å²) in [5.41, 5.74) is 0. The summed E-state index contributed by atoms with van der Waals surface area (Å²) in [6.45, 7) is -2.47. The Labute approximate surface area is 53.7 Å². The van der Waals surface area contributed by atoms with Crippen molar-refractivity contribution in [1.29, 1.82) is 5.26 Å². The van der Waals surface area contributed by atoms with E-state index in [1.54, 1.807) is 0 Å². The second-order valence-corrected chi connectivity index (χ2v) is 1.55. The summed E-state index contributed by atoms with van der Waals surface area (Å²) in [5, 5.41) is 17.2. The fourth-order valence-corrected chi connectivity index (χ4v) is 0.168. The first-order chi connectivity index (χ1) is 4.37. The Kier molecular flexibility index (Phi) is 2.22. The van der Waals surface area contributed by atoms with Crippen LogP contribution in [0.2, 0.25) is 0 Å². The normalized spacial score (nSPS) is 17.6. The largest absolute Gasteiger partial charge is 0.389 e. The van der Waals surface area contributed by atoms with Gasteiger partial charge in [-0.05, 0) is 0 Å². The fraction of sp³-hybridized carbons (Fsp3) is 0.750. The summed E-state index contributed by atoms with van der Waals surface area (Å²) in [6, 6.07) is 0.120. The van der Waals surface area contributed by atoms with Gasteiger partial charge in [-0.2, -0.15) is 23.5 Å². The molecule has 1 atom stereocenters. The topological polar surface area (TPSA) is 43.7 Å². The first-order valence-electron chi connectivity index (χ1n) is 2.12. The number of alkyl halides is 4. The minimum Gasteiger partial charge on any atom is -0.244 e. The molecule has 1 unspecified atom stereocenters. The lowest BCUT2D eigenvalue weighted by atomic mass is 10.2. The van der Waals surface area contributed by atoms with Crippen molar-refractivity contribution in [2.24, 2.45) is 0 Å². The highest BCUT2D eigenvalue weighted by atomic mass is 19.3. The van der Waals surface area contributed by atoms with Gasteiger partial charge in [-0.1, -0.05) is 0 Å². The van der Waals surface area contributed by atoms with Gasteiger partial charge in [0.2, 0.25) is 0 Å². The van der Waals surface area contributed by atoms with Crippen LogP contribution in [0.25, 0.3) is 0 Å². The van der Waals surface area contributed by atoms with Gasteiger partial charge in [0.1, 0.15) is 6.07 Å². The molecule has 0 saturated heterocycles. The van der Waals surface area contributed by atoms with Crippen molar-refractivity contribution in [3.05, 3.63) is 0 Å². The third kappa shape index (κ3) is 1.36. The van der Waals surface area contributed by atoms with Gasteiger partial charge in [0, 0.05) is 0 Å². The Balaban J connectivity index is 4.49. The Morgan fingerprint density at radius 2 is 1.80 bits per heavy atom. The molecule has 10 heavy (non-hydrogen) atoms. The summed E-state index contributed by atoms with van der Waals surface area (Å²) in [5.74, 6) is -9.43. The monoisotopic (exact) mass is 156 g/mol. The lowest BCUT2D eigenvalue weighted by molar-refractivity contribution is -0.252. The number of rotatable bonds is 2. The van der Waals surface area contributed by atoms with Gasteiger partial charge in [-0.15, -0.1) is 0 Å². The maximum absolute atomic E-state index is 11.7. The van der Waals surface area contributed by atoms with Gasteiger partial charge >= 0.3 is 11.8 Å². The van der Waals surface area contributed by atoms with Crippen LogP contribution in [-0.2, 0) is 5.11 Å². The number of hydrogen-bond donors (Lipinski definition) is 0. The number of hydrogen-bond acceptors (Lipinski definition) is 1. The van der Waals surface area contributed by atoms with Crippen LogP contribution in [0.3, 0.4) is 0 Å². The smallest absolute Gasteiger partial charge is 0.244 e. The van der Waals surface area contributed by atoms with E-state index in [1.165, 1.54) is 0 Å². The molecule has 1 radical (unpaired) electrons. The second kappa shape index (κ2) is 2.42. The number of halogens is 4. The molecular weight excluding hydrogens is 154 g/mol. The Morgan fingerprint density at radius 3 is 1.90 bits per heavy atom. The van der Waals surface area contributed by atoms with Crippen molar-refractivity contribution in [3.8, 4) is 6.07 Å². The maximum atomic E-state index is 11.7. The predicted molar refractivity (Wildman–Crippen MR) is 21.1 cm³/mol. The van der Waals surface area contributed by atoms with Crippen LogP contribution in [0.15, 0.2) is 0 Å². The lowest BCUT2D eigenvalue weighted by Gasteiger charge is -2.16. The number of nitrogens with zero attached hydrogens (tertiary/aromatic N) is 1. The molecule has 0 aromatic heterocycles. The first-order valence-corrected chi connectivity index (χ1v) is 2.12. The van der Waals surface area contributed by atoms with Gasteiger partial charge in [-0.3, -0.25) is 0 Å². The molecule has 0 spiro atoms. The van der Waals surface area contributed by atoms with Gasteiger partial charge < -0.3 is 0 Å². The molecule has 0 N–H and O–H groups in total. The van der Waals surface area contributed by atoms with Crippen LogP contribution in [0.1, 0.15) is 0 Å². The van der Waals surface area contributed by atoms with Crippen molar-refractivity contribution >= 4 is 0 Å². The molecule has 0 aromatic carbocycles. The Hall–Kier alpha value is -0.830. The zero-order valence-electron chi connectivity index (χ0n) is 4.57. The third-order valence-corrected chi connectivity index (χ3v) is 0.782. The molecule has 0 saturated carbocycles. The van der Waals surface area contributed by atoms with E-state index in [1.807, 2.05) is 0 Å². The standard InChI is InChI=1S/C4H2F4NO/c5-1-3(6,7)4(8,10)2-9/h1H2. The van der Waals surface area contributed by atoms with E-state index in [-0.39, 0.29) is 6.07 Å². The van der Waals surface area contributed by atoms with Crippen molar-refractivity contribution < 1.29 is 22.7 Å². The molecule has 57 valence electrons. The van der Waals surface area contributed by atoms with Crippen LogP contribution in [0.5, 0.6) is 0 Å². The van der Waals surface area contributed by atoms with E-state index in [0.29, 0.717) is 0 Å². The average Bonchev–Trinajstić information content (AvgIpc) is 1.88. The zero-order chi connectivity index (χ0) is 8.41. The van der Waals surface area contributed by atoms with Gasteiger partial charge in [0.15, 0.2) is 6.67 Å². The summed E-state index contributed by atoms with van der Waals surface area (Å²) < 4.78 is 46.1. The molecule has 2 nitrogen and oxygen atoms in total. The lowest BCUT2D eigenvalue weighted by Crippen LogP contribution is -2.43. The number of nitriles is 1. The van der Waals surface area contributed by atoms with Gasteiger partial charge in [0.25, 0.3) is 0 Å². The predicted octanol–water partition coefficient (Wildman–Crippen LogP) is 1.21. The van der Waals surface area contributed by atoms with Gasteiger partial charge in [-0.25, -0.2) is 4.39 Å². The summed E-state index contributed by atoms with van der Waals surface area (Å²) in [4.78, 5) is 0. The molecule has 0 aliphatic rings. The summed E-state index contributed by atoms with van der Waals surface area (Å²) >= 11 is 0. The van der Waals surface area contributed by atoms with E-state index in [0.717, 1.165) is 0 Å². The molecule has 0 aliphatic heterocycles. The molecular formula is C4H2F4NO. The van der Waals surface area contributed by atoms with E-state index >= 15 is 0 Å². The highest BCUT2D eigenvalue weighted by Crippen LogP contribution is 2.30. The minimum atomic E-state index is -4.76. The molecule has 0 aliphatic carbocycles. The van der Waals surface area contributed by atoms with Crippen molar-refractivity contribution in [1.82, 2.24) is 0 Å². The highest BCUT2D eigenvalue weighted by molar-refractivity contribution is 5.01. The van der Waals surface area contributed by atoms with E-state index < -0.39 is 18.5 Å². The Bertz CT molecular complexity index is 161. The van der Waals surface area contributed by atoms with Crippen LogP contribution in [0, 0.1) is 11.3 Å². The van der Waals surface area contributed by atoms with E-state index in [4.69, 9.17) is 5.26 Å². The molecule has 0 amide bonds. The van der Waals surface area contributed by atoms with Crippen LogP contribution < -0.4 is 0 Å². The molecule has 6 heteroatoms. The van der Waals surface area contributed by atoms with Crippen LogP contribution in [-0.4, -0.2) is 18.5 Å². The van der Waals surface area contributed by atoms with Crippen molar-refractivity contribution in [2.45, 2.75) is 11.8 Å². The van der Waals surface area contributed by atoms with Gasteiger partial charge in [0.05, 0.1) is 0 Å². The zero-order valence-corrected chi connectivity index (χ0v) is 4.57. The molecule has 0 fully saturated rings. The molecule has 0 rings (SSSR count).